The van der Waals surface area contributed by atoms with Gasteiger partial charge in [0.2, 0.25) is 0 Å². The molecule has 0 N–H and O–H groups in total. The lowest BCUT2D eigenvalue weighted by molar-refractivity contribution is 0.626. The van der Waals surface area contributed by atoms with Gasteiger partial charge < -0.3 is 0 Å². The summed E-state index contributed by atoms with van der Waals surface area (Å²) in [4.78, 5) is 0.466. The number of hydrogen-bond acceptors (Lipinski definition) is 2. The Morgan fingerprint density at radius 1 is 1.26 bits per heavy atom. The third-order valence-electron chi connectivity index (χ3n) is 2.51. The van der Waals surface area contributed by atoms with E-state index in [-0.39, 0.29) is 10.8 Å². The molecule has 0 saturated carbocycles. The minimum Gasteiger partial charge on any atom is -0.254 e. The van der Waals surface area contributed by atoms with Crippen LogP contribution in [0.2, 0.25) is 5.02 Å². The van der Waals surface area contributed by atoms with Gasteiger partial charge >= 0.3 is 0 Å². The van der Waals surface area contributed by atoms with Crippen LogP contribution in [0.3, 0.4) is 0 Å². The van der Waals surface area contributed by atoms with Gasteiger partial charge in [0.15, 0.2) is 0 Å². The molecule has 0 spiro atoms. The Hall–Kier alpha value is -1.70. The standard InChI is InChI=1S/C14H9ClFNOS/c15-13-7-12(4-5-14(13)16)19(18)9-11-3-1-2-10(6-11)8-17/h1-7H,9H2. The van der Waals surface area contributed by atoms with Crippen LogP contribution in [0.1, 0.15) is 11.1 Å². The fraction of sp³-hybridized carbons (Fsp3) is 0.0714. The molecule has 0 amide bonds. The first-order valence-corrected chi connectivity index (χ1v) is 7.12. The van der Waals surface area contributed by atoms with Crippen molar-refractivity contribution in [1.82, 2.24) is 0 Å². The lowest BCUT2D eigenvalue weighted by Crippen LogP contribution is -1.97. The lowest BCUT2D eigenvalue weighted by atomic mass is 10.2. The molecule has 2 aromatic carbocycles. The molecule has 0 aliphatic rings. The lowest BCUT2D eigenvalue weighted by Gasteiger charge is -2.04. The van der Waals surface area contributed by atoms with E-state index in [0.29, 0.717) is 10.5 Å². The summed E-state index contributed by atoms with van der Waals surface area (Å²) >= 11 is 5.66. The highest BCUT2D eigenvalue weighted by atomic mass is 35.5. The van der Waals surface area contributed by atoms with Crippen molar-refractivity contribution in [2.24, 2.45) is 0 Å². The maximum absolute atomic E-state index is 13.0. The van der Waals surface area contributed by atoms with Crippen molar-refractivity contribution in [3.8, 4) is 6.07 Å². The molecule has 2 rings (SSSR count). The van der Waals surface area contributed by atoms with Gasteiger partial charge in [0.25, 0.3) is 0 Å². The van der Waals surface area contributed by atoms with E-state index in [1.54, 1.807) is 24.3 Å². The van der Waals surface area contributed by atoms with Gasteiger partial charge in [-0.2, -0.15) is 5.26 Å². The third-order valence-corrected chi connectivity index (χ3v) is 4.17. The summed E-state index contributed by atoms with van der Waals surface area (Å²) in [5.41, 5.74) is 1.31. The molecule has 19 heavy (non-hydrogen) atoms. The van der Waals surface area contributed by atoms with Crippen LogP contribution in [0.15, 0.2) is 47.4 Å². The molecule has 2 aromatic rings. The molecule has 1 unspecified atom stereocenters. The number of nitrogens with zero attached hydrogens (tertiary/aromatic N) is 1. The first-order chi connectivity index (χ1) is 9.10. The number of nitriles is 1. The number of rotatable bonds is 3. The van der Waals surface area contributed by atoms with E-state index in [1.807, 2.05) is 6.07 Å². The van der Waals surface area contributed by atoms with Crippen LogP contribution in [0, 0.1) is 17.1 Å². The van der Waals surface area contributed by atoms with Crippen LogP contribution in [0.4, 0.5) is 4.39 Å². The van der Waals surface area contributed by atoms with E-state index >= 15 is 0 Å². The second-order valence-corrected chi connectivity index (χ2v) is 5.74. The SMILES string of the molecule is N#Cc1cccc(CS(=O)c2ccc(F)c(Cl)c2)c1. The van der Waals surface area contributed by atoms with Gasteiger partial charge in [0.1, 0.15) is 5.82 Å². The molecule has 1 atom stereocenters. The zero-order valence-corrected chi connectivity index (χ0v) is 11.3. The van der Waals surface area contributed by atoms with Crippen LogP contribution >= 0.6 is 11.6 Å². The summed E-state index contributed by atoms with van der Waals surface area (Å²) in [6.07, 6.45) is 0. The molecule has 0 aliphatic carbocycles. The number of hydrogen-bond donors (Lipinski definition) is 0. The van der Waals surface area contributed by atoms with Crippen molar-refractivity contribution in [3.05, 3.63) is 64.4 Å². The third kappa shape index (κ3) is 3.40. The minimum atomic E-state index is -1.32. The Labute approximate surface area is 117 Å². The van der Waals surface area contributed by atoms with E-state index in [4.69, 9.17) is 16.9 Å². The van der Waals surface area contributed by atoms with Crippen molar-refractivity contribution >= 4 is 22.4 Å². The van der Waals surface area contributed by atoms with Gasteiger partial charge in [-0.25, -0.2) is 4.39 Å². The van der Waals surface area contributed by atoms with Crippen molar-refractivity contribution in [3.63, 3.8) is 0 Å². The molecule has 0 bridgehead atoms. The Morgan fingerprint density at radius 2 is 2.05 bits per heavy atom. The first kappa shape index (κ1) is 13.7. The summed E-state index contributed by atoms with van der Waals surface area (Å²) in [6.45, 7) is 0. The largest absolute Gasteiger partial charge is 0.254 e. The fourth-order valence-corrected chi connectivity index (χ4v) is 2.95. The Bertz CT molecular complexity index is 681. The molecular weight excluding hydrogens is 285 g/mol. The highest BCUT2D eigenvalue weighted by Gasteiger charge is 2.08. The Morgan fingerprint density at radius 3 is 2.74 bits per heavy atom. The fourth-order valence-electron chi connectivity index (χ4n) is 1.58. The van der Waals surface area contributed by atoms with E-state index in [2.05, 4.69) is 0 Å². The van der Waals surface area contributed by atoms with Gasteiger partial charge in [-0.1, -0.05) is 23.7 Å². The van der Waals surface area contributed by atoms with Crippen molar-refractivity contribution in [1.29, 1.82) is 5.26 Å². The average Bonchev–Trinajstić information content (AvgIpc) is 2.42. The van der Waals surface area contributed by atoms with Gasteiger partial charge in [0, 0.05) is 4.90 Å². The van der Waals surface area contributed by atoms with Crippen molar-refractivity contribution < 1.29 is 8.60 Å². The zero-order valence-electron chi connectivity index (χ0n) is 9.77. The van der Waals surface area contributed by atoms with Crippen molar-refractivity contribution in [2.75, 3.05) is 0 Å². The van der Waals surface area contributed by atoms with Crippen LogP contribution in [0.5, 0.6) is 0 Å². The normalized spacial score (nSPS) is 11.8. The molecule has 0 saturated heterocycles. The van der Waals surface area contributed by atoms with Crippen LogP contribution in [0.25, 0.3) is 0 Å². The van der Waals surface area contributed by atoms with Gasteiger partial charge in [-0.15, -0.1) is 0 Å². The zero-order chi connectivity index (χ0) is 13.8. The van der Waals surface area contributed by atoms with Crippen LogP contribution in [-0.4, -0.2) is 4.21 Å². The number of halogens is 2. The molecule has 0 aliphatic heterocycles. The van der Waals surface area contributed by atoms with E-state index in [0.717, 1.165) is 5.56 Å². The van der Waals surface area contributed by atoms with Crippen LogP contribution in [-0.2, 0) is 16.6 Å². The molecule has 0 aromatic heterocycles. The molecule has 0 heterocycles. The summed E-state index contributed by atoms with van der Waals surface area (Å²) in [6, 6.07) is 12.9. The topological polar surface area (TPSA) is 40.9 Å². The molecule has 2 nitrogen and oxygen atoms in total. The highest BCUT2D eigenvalue weighted by Crippen LogP contribution is 2.20. The van der Waals surface area contributed by atoms with Crippen LogP contribution < -0.4 is 0 Å². The molecule has 0 fully saturated rings. The van der Waals surface area contributed by atoms with Gasteiger partial charge in [-0.05, 0) is 35.9 Å². The van der Waals surface area contributed by atoms with E-state index < -0.39 is 16.6 Å². The first-order valence-electron chi connectivity index (χ1n) is 5.42. The van der Waals surface area contributed by atoms with Crippen molar-refractivity contribution in [2.45, 2.75) is 10.6 Å². The number of benzene rings is 2. The maximum Gasteiger partial charge on any atom is 0.141 e. The Kier molecular flexibility index (Phi) is 4.31. The second kappa shape index (κ2) is 5.96. The quantitative estimate of drug-likeness (QED) is 0.866. The summed E-state index contributed by atoms with van der Waals surface area (Å²) in [5.74, 6) is -0.272. The molecule has 0 radical (unpaired) electrons. The van der Waals surface area contributed by atoms with E-state index in [9.17, 15) is 8.60 Å². The molecule has 96 valence electrons. The summed E-state index contributed by atoms with van der Waals surface area (Å²) < 4.78 is 25.1. The Balaban J connectivity index is 2.21. The predicted octanol–water partition coefficient (Wildman–Crippen LogP) is 3.66. The summed E-state index contributed by atoms with van der Waals surface area (Å²) in [5, 5.41) is 8.75. The highest BCUT2D eigenvalue weighted by molar-refractivity contribution is 7.84. The van der Waals surface area contributed by atoms with Gasteiger partial charge in [0.05, 0.1) is 33.2 Å². The summed E-state index contributed by atoms with van der Waals surface area (Å²) in [7, 11) is -1.32. The van der Waals surface area contributed by atoms with E-state index in [1.165, 1.54) is 18.2 Å². The monoisotopic (exact) mass is 293 g/mol. The minimum absolute atomic E-state index is 0.0448. The second-order valence-electron chi connectivity index (χ2n) is 3.88. The van der Waals surface area contributed by atoms with Gasteiger partial charge in [-0.3, -0.25) is 4.21 Å². The molecular formula is C14H9ClFNOS. The average molecular weight is 294 g/mol. The smallest absolute Gasteiger partial charge is 0.141 e. The maximum atomic E-state index is 13.0. The predicted molar refractivity (Wildman–Crippen MR) is 72.7 cm³/mol. The molecule has 5 heteroatoms.